The number of nitrogens with zero attached hydrogens (tertiary/aromatic N) is 1. The highest BCUT2D eigenvalue weighted by Crippen LogP contribution is 2.29. The predicted molar refractivity (Wildman–Crippen MR) is 118 cm³/mol. The van der Waals surface area contributed by atoms with Crippen LogP contribution in [0.2, 0.25) is 0 Å². The molecule has 0 spiro atoms. The molecule has 4 rings (SSSR count). The Bertz CT molecular complexity index is 1060. The number of nitrogens with one attached hydrogen (secondary N) is 1. The number of ether oxygens (including phenoxy) is 1. The molecule has 1 aliphatic rings. The topological polar surface area (TPSA) is 58.6 Å². The van der Waals surface area contributed by atoms with Crippen LogP contribution >= 0.6 is 0 Å². The molecule has 0 aliphatic carbocycles. The molecule has 3 aromatic carbocycles. The first-order chi connectivity index (χ1) is 14.5. The van der Waals surface area contributed by atoms with Crippen LogP contribution in [0, 0.1) is 6.92 Å². The Kier molecular flexibility index (Phi) is 5.53. The summed E-state index contributed by atoms with van der Waals surface area (Å²) in [5.74, 6) is 0.368. The first kappa shape index (κ1) is 19.7. The van der Waals surface area contributed by atoms with Crippen molar-refractivity contribution >= 4 is 23.2 Å². The maximum atomic E-state index is 12.9. The van der Waals surface area contributed by atoms with Crippen molar-refractivity contribution in [2.45, 2.75) is 26.4 Å². The van der Waals surface area contributed by atoms with Crippen LogP contribution in [0.5, 0.6) is 5.75 Å². The van der Waals surface area contributed by atoms with E-state index in [2.05, 4.69) is 11.4 Å². The minimum Gasteiger partial charge on any atom is -0.481 e. The Morgan fingerprint density at radius 2 is 1.67 bits per heavy atom. The Morgan fingerprint density at radius 1 is 0.967 bits per heavy atom. The molecule has 1 heterocycles. The number of carbonyl (C=O) groups is 2. The van der Waals surface area contributed by atoms with Gasteiger partial charge < -0.3 is 15.0 Å². The maximum Gasteiger partial charge on any atom is 0.265 e. The summed E-state index contributed by atoms with van der Waals surface area (Å²) in [6.07, 6.45) is 0.227. The van der Waals surface area contributed by atoms with Gasteiger partial charge in [-0.1, -0.05) is 35.9 Å². The monoisotopic (exact) mass is 400 g/mol. The molecule has 5 heteroatoms. The van der Waals surface area contributed by atoms with Crippen LogP contribution in [0.4, 0.5) is 11.4 Å². The van der Waals surface area contributed by atoms with Crippen LogP contribution in [-0.2, 0) is 11.2 Å². The van der Waals surface area contributed by atoms with E-state index in [4.69, 9.17) is 4.74 Å². The molecule has 30 heavy (non-hydrogen) atoms. The van der Waals surface area contributed by atoms with Gasteiger partial charge in [0.25, 0.3) is 11.8 Å². The number of rotatable bonds is 5. The molecular formula is C25H24N2O3. The average Bonchev–Trinajstić information content (AvgIpc) is 3.19. The minimum atomic E-state index is -0.643. The van der Waals surface area contributed by atoms with Crippen LogP contribution in [0.3, 0.4) is 0 Å². The number of fused-ring (bicyclic) bond motifs is 1. The summed E-state index contributed by atoms with van der Waals surface area (Å²) in [4.78, 5) is 27.1. The van der Waals surface area contributed by atoms with Gasteiger partial charge in [0.05, 0.1) is 0 Å². The lowest BCUT2D eigenvalue weighted by Crippen LogP contribution is -2.30. The van der Waals surface area contributed by atoms with Crippen LogP contribution in [-0.4, -0.2) is 24.5 Å². The van der Waals surface area contributed by atoms with Crippen molar-refractivity contribution in [3.8, 4) is 5.75 Å². The fourth-order valence-corrected chi connectivity index (χ4v) is 3.52. The van der Waals surface area contributed by atoms with Crippen molar-refractivity contribution in [3.05, 3.63) is 89.5 Å². The molecule has 0 saturated carbocycles. The zero-order valence-corrected chi connectivity index (χ0v) is 17.1. The summed E-state index contributed by atoms with van der Waals surface area (Å²) in [6, 6.07) is 22.5. The molecule has 0 radical (unpaired) electrons. The van der Waals surface area contributed by atoms with Gasteiger partial charge in [-0.15, -0.1) is 0 Å². The fourth-order valence-electron chi connectivity index (χ4n) is 3.52. The average molecular weight is 400 g/mol. The number of benzene rings is 3. The largest absolute Gasteiger partial charge is 0.481 e. The second-order valence-corrected chi connectivity index (χ2v) is 7.48. The fraction of sp³-hybridized carbons (Fsp3) is 0.200. The summed E-state index contributed by atoms with van der Waals surface area (Å²) in [5, 5.41) is 2.84. The lowest BCUT2D eigenvalue weighted by molar-refractivity contribution is -0.122. The molecule has 1 atom stereocenters. The van der Waals surface area contributed by atoms with Gasteiger partial charge in [0.1, 0.15) is 5.75 Å². The van der Waals surface area contributed by atoms with E-state index in [1.807, 2.05) is 49.4 Å². The zero-order valence-electron chi connectivity index (χ0n) is 17.1. The van der Waals surface area contributed by atoms with Crippen molar-refractivity contribution in [3.63, 3.8) is 0 Å². The predicted octanol–water partition coefficient (Wildman–Crippen LogP) is 4.60. The molecule has 1 N–H and O–H groups in total. The number of hydrogen-bond acceptors (Lipinski definition) is 3. The quantitative estimate of drug-likeness (QED) is 0.681. The van der Waals surface area contributed by atoms with Crippen LogP contribution in [0.1, 0.15) is 28.4 Å². The highest BCUT2D eigenvalue weighted by Gasteiger charge is 2.25. The SMILES string of the molecule is Cc1ccc(OC(C)C(=O)Nc2ccc(C(=O)N3CCc4ccccc43)cc2)cc1. The lowest BCUT2D eigenvalue weighted by atomic mass is 10.1. The first-order valence-corrected chi connectivity index (χ1v) is 10.1. The van der Waals surface area contributed by atoms with Crippen LogP contribution in [0.15, 0.2) is 72.8 Å². The van der Waals surface area contributed by atoms with Crippen LogP contribution < -0.4 is 15.0 Å². The highest BCUT2D eigenvalue weighted by atomic mass is 16.5. The number of anilines is 2. The van der Waals surface area contributed by atoms with Gasteiger partial charge in [0.15, 0.2) is 6.10 Å². The second-order valence-electron chi connectivity index (χ2n) is 7.48. The van der Waals surface area contributed by atoms with Crippen LogP contribution in [0.25, 0.3) is 0 Å². The highest BCUT2D eigenvalue weighted by molar-refractivity contribution is 6.07. The summed E-state index contributed by atoms with van der Waals surface area (Å²) >= 11 is 0. The molecule has 0 fully saturated rings. The van der Waals surface area contributed by atoms with E-state index < -0.39 is 6.10 Å². The molecule has 1 unspecified atom stereocenters. The van der Waals surface area contributed by atoms with Gasteiger partial charge in [-0.05, 0) is 68.3 Å². The van der Waals surface area contributed by atoms with Gasteiger partial charge in [0, 0.05) is 23.5 Å². The van der Waals surface area contributed by atoms with Crippen molar-refractivity contribution in [2.75, 3.05) is 16.8 Å². The molecule has 1 aliphatic heterocycles. The number of para-hydroxylation sites is 1. The molecule has 2 amide bonds. The third-order valence-electron chi connectivity index (χ3n) is 5.23. The molecule has 0 bridgehead atoms. The van der Waals surface area contributed by atoms with Gasteiger partial charge in [-0.2, -0.15) is 0 Å². The summed E-state index contributed by atoms with van der Waals surface area (Å²) in [5.41, 5.74) is 4.51. The summed E-state index contributed by atoms with van der Waals surface area (Å²) < 4.78 is 5.69. The van der Waals surface area contributed by atoms with E-state index in [0.29, 0.717) is 23.5 Å². The number of carbonyl (C=O) groups excluding carboxylic acids is 2. The molecule has 152 valence electrons. The number of aryl methyl sites for hydroxylation is 1. The molecule has 3 aromatic rings. The Morgan fingerprint density at radius 3 is 2.40 bits per heavy atom. The van der Waals surface area contributed by atoms with E-state index in [0.717, 1.165) is 17.7 Å². The minimum absolute atomic E-state index is 0.0334. The number of amides is 2. The summed E-state index contributed by atoms with van der Waals surface area (Å²) in [7, 11) is 0. The molecule has 5 nitrogen and oxygen atoms in total. The van der Waals surface area contributed by atoms with E-state index in [-0.39, 0.29) is 11.8 Å². The van der Waals surface area contributed by atoms with Gasteiger partial charge >= 0.3 is 0 Å². The molecule has 0 aromatic heterocycles. The Labute approximate surface area is 176 Å². The zero-order chi connectivity index (χ0) is 21.1. The number of hydrogen-bond donors (Lipinski definition) is 1. The second kappa shape index (κ2) is 8.41. The van der Waals surface area contributed by atoms with E-state index in [1.165, 1.54) is 5.56 Å². The van der Waals surface area contributed by atoms with Crippen molar-refractivity contribution in [1.29, 1.82) is 0 Å². The van der Waals surface area contributed by atoms with Gasteiger partial charge in [-0.3, -0.25) is 9.59 Å². The Hall–Kier alpha value is -3.60. The third kappa shape index (κ3) is 4.20. The standard InChI is InChI=1S/C25H24N2O3/c1-17-7-13-22(14-8-17)30-18(2)24(28)26-21-11-9-20(10-12-21)25(29)27-16-15-19-5-3-4-6-23(19)27/h3-14,18H,15-16H2,1-2H3,(H,26,28). The maximum absolute atomic E-state index is 12.9. The smallest absolute Gasteiger partial charge is 0.265 e. The van der Waals surface area contributed by atoms with Gasteiger partial charge in [0.2, 0.25) is 0 Å². The van der Waals surface area contributed by atoms with Crippen molar-refractivity contribution < 1.29 is 14.3 Å². The normalized spacial score (nSPS) is 13.5. The van der Waals surface area contributed by atoms with Gasteiger partial charge in [-0.25, -0.2) is 0 Å². The summed E-state index contributed by atoms with van der Waals surface area (Å²) in [6.45, 7) is 4.39. The van der Waals surface area contributed by atoms with E-state index >= 15 is 0 Å². The van der Waals surface area contributed by atoms with E-state index in [1.54, 1.807) is 36.1 Å². The van der Waals surface area contributed by atoms with Crippen molar-refractivity contribution in [1.82, 2.24) is 0 Å². The van der Waals surface area contributed by atoms with Crippen molar-refractivity contribution in [2.24, 2.45) is 0 Å². The first-order valence-electron chi connectivity index (χ1n) is 10.1. The molecule has 0 saturated heterocycles. The Balaban J connectivity index is 1.38. The third-order valence-corrected chi connectivity index (χ3v) is 5.23. The molecular weight excluding hydrogens is 376 g/mol. The van der Waals surface area contributed by atoms with E-state index in [9.17, 15) is 9.59 Å². The lowest BCUT2D eigenvalue weighted by Gasteiger charge is -2.18.